The van der Waals surface area contributed by atoms with Gasteiger partial charge in [0.15, 0.2) is 49.9 Å². The van der Waals surface area contributed by atoms with Crippen molar-refractivity contribution in [1.29, 1.82) is 0 Å². The summed E-state index contributed by atoms with van der Waals surface area (Å²) in [7, 11) is 0. The molecule has 6 heterocycles. The van der Waals surface area contributed by atoms with Crippen LogP contribution in [0.25, 0.3) is 6.08 Å². The van der Waals surface area contributed by atoms with Gasteiger partial charge in [-0.15, -0.1) is 0 Å². The van der Waals surface area contributed by atoms with E-state index in [1.165, 1.54) is 19.9 Å². The third-order valence-electron chi connectivity index (χ3n) is 27.3. The molecule has 32 nitrogen and oxygen atoms in total. The molecule has 6 saturated heterocycles. The molecular formula is C74H110O32. The largest absolute Gasteiger partial charge is 0.479 e. The van der Waals surface area contributed by atoms with Crippen molar-refractivity contribution in [1.82, 2.24) is 0 Å². The van der Waals surface area contributed by atoms with Crippen LogP contribution in [0.5, 0.6) is 0 Å². The lowest BCUT2D eigenvalue weighted by molar-refractivity contribution is -0.412. The Morgan fingerprint density at radius 1 is 0.538 bits per heavy atom. The first-order chi connectivity index (χ1) is 49.7. The minimum absolute atomic E-state index is 0.0915. The van der Waals surface area contributed by atoms with Crippen LogP contribution in [0.4, 0.5) is 0 Å². The van der Waals surface area contributed by atoms with Crippen LogP contribution in [-0.2, 0) is 76.0 Å². The van der Waals surface area contributed by atoms with Gasteiger partial charge in [-0.1, -0.05) is 84.9 Å². The van der Waals surface area contributed by atoms with Crippen LogP contribution in [0.2, 0.25) is 0 Å². The van der Waals surface area contributed by atoms with E-state index in [1.54, 1.807) is 26.0 Å². The summed E-state index contributed by atoms with van der Waals surface area (Å²) < 4.78 is 82.1. The normalized spacial score (nSPS) is 51.3. The van der Waals surface area contributed by atoms with Gasteiger partial charge in [0.2, 0.25) is 0 Å². The fraction of sp³-hybridized carbons (Fsp3) is 0.824. The summed E-state index contributed by atoms with van der Waals surface area (Å²) in [6.07, 6.45) is -47.3. The molecule has 598 valence electrons. The third-order valence-corrected chi connectivity index (χ3v) is 27.3. The molecule has 0 radical (unpaired) electrons. The number of hydrogen-bond acceptors (Lipinski definition) is 31. The zero-order valence-electron chi connectivity index (χ0n) is 61.4. The van der Waals surface area contributed by atoms with E-state index >= 15 is 0 Å². The maximum absolute atomic E-state index is 14.3. The topological polar surface area (TPSA) is 495 Å². The van der Waals surface area contributed by atoms with E-state index in [-0.39, 0.29) is 24.7 Å². The van der Waals surface area contributed by atoms with Crippen molar-refractivity contribution in [2.45, 2.75) is 317 Å². The minimum Gasteiger partial charge on any atom is -0.479 e. The van der Waals surface area contributed by atoms with E-state index in [0.717, 1.165) is 0 Å². The standard InChI is InChI=1S/C74H110O32/c1-12-30(2)61(92)105-58-59(99-41(78)19-18-33-16-14-13-15-17-33)74-38(26-68(58,5)6)73(106-67(74)93)25-21-37-70(9)23-22-40(69(7,8)36(70)20-24-71(37,10)72(73,11)27-39(74)77)98-66-57(104-63-51(88)47(84)44(81)34(28-75)96-63)53(52(89)54(101-66)60(90)91)100-65-56(49(86)45(82)35(29-76)97-65)103-64-55(48(85)43(80)32(4)95-64)102-62-50(87)46(83)42(79)31(3)94-62/h12-19,31-32,34-40,42-59,62-67,75-77,79-89,93H,20-29H2,1-11H3,(H,90,91)/t31-,32-,34+,35+,36-,37+,38-,39+,40-,42-,43-,44+,45-,46+,47-,48+,49-,50+,51+,52-,53-,54-,55+,56+,57+,58-,59-,62-,63-,64-,65-,66+,67-,70-,71+,72-,73-,74+/m0/s1. The number of fused-ring (bicyclic) bond motifs is 4. The van der Waals surface area contributed by atoms with Crippen LogP contribution in [0.3, 0.4) is 0 Å². The van der Waals surface area contributed by atoms with Crippen molar-refractivity contribution < 1.29 is 158 Å². The molecule has 0 unspecified atom stereocenters. The Balaban J connectivity index is 0.856. The second-order valence-corrected chi connectivity index (χ2v) is 33.6. The van der Waals surface area contributed by atoms with E-state index in [4.69, 9.17) is 61.6 Å². The Bertz CT molecular complexity index is 3340. The lowest BCUT2D eigenvalue weighted by Crippen LogP contribution is -2.77. The summed E-state index contributed by atoms with van der Waals surface area (Å²) >= 11 is 0. The first kappa shape index (κ1) is 81.6. The molecule has 5 aliphatic carbocycles. The zero-order chi connectivity index (χ0) is 77.4. The molecule has 5 saturated carbocycles. The molecule has 1 aromatic rings. The molecule has 12 rings (SSSR count). The summed E-state index contributed by atoms with van der Waals surface area (Å²) in [5.41, 5.74) is -5.73. The predicted octanol–water partition coefficient (Wildman–Crippen LogP) is -1.34. The molecule has 1 aromatic carbocycles. The molecule has 0 amide bonds. The van der Waals surface area contributed by atoms with Gasteiger partial charge in [0.1, 0.15) is 110 Å². The Kier molecular flexibility index (Phi) is 23.2. The first-order valence-electron chi connectivity index (χ1n) is 37.0. The summed E-state index contributed by atoms with van der Waals surface area (Å²) in [5, 5.41) is 182. The number of carbonyl (C=O) groups excluding carboxylic acids is 2. The fourth-order valence-electron chi connectivity index (χ4n) is 21.2. The van der Waals surface area contributed by atoms with Crippen molar-refractivity contribution in [2.75, 3.05) is 13.2 Å². The van der Waals surface area contributed by atoms with Gasteiger partial charge in [-0.2, -0.15) is 0 Å². The van der Waals surface area contributed by atoms with E-state index in [2.05, 4.69) is 20.8 Å². The van der Waals surface area contributed by atoms with Crippen molar-refractivity contribution >= 4 is 24.0 Å². The average Bonchev–Trinajstić information content (AvgIpc) is 1.39. The molecule has 106 heavy (non-hydrogen) atoms. The van der Waals surface area contributed by atoms with Gasteiger partial charge in [0, 0.05) is 28.4 Å². The molecule has 11 aliphatic rings. The number of allylic oxidation sites excluding steroid dienone is 1. The van der Waals surface area contributed by atoms with Gasteiger partial charge >= 0.3 is 17.9 Å². The number of aliphatic hydroxyl groups is 15. The quantitative estimate of drug-likeness (QED) is 0.0460. The molecule has 0 aromatic heterocycles. The number of aliphatic carboxylic acids is 1. The van der Waals surface area contributed by atoms with E-state index in [1.807, 2.05) is 58.0 Å². The van der Waals surface area contributed by atoms with Crippen molar-refractivity contribution in [3.63, 3.8) is 0 Å². The smallest absolute Gasteiger partial charge is 0.335 e. The van der Waals surface area contributed by atoms with Crippen LogP contribution in [0.1, 0.15) is 133 Å². The molecule has 2 bridgehead atoms. The van der Waals surface area contributed by atoms with E-state index in [9.17, 15) is 96.1 Å². The van der Waals surface area contributed by atoms with Crippen LogP contribution in [0, 0.1) is 50.2 Å². The van der Waals surface area contributed by atoms with Gasteiger partial charge in [-0.05, 0) is 119 Å². The van der Waals surface area contributed by atoms with Gasteiger partial charge in [-0.25, -0.2) is 14.4 Å². The number of carboxylic acid groups (broad SMARTS) is 1. The highest BCUT2D eigenvalue weighted by Gasteiger charge is 2.86. The van der Waals surface area contributed by atoms with Crippen LogP contribution < -0.4 is 0 Å². The Morgan fingerprint density at radius 2 is 1.07 bits per heavy atom. The number of hydrogen-bond donors (Lipinski definition) is 16. The molecule has 6 aliphatic heterocycles. The number of ether oxygens (including phenoxy) is 13. The van der Waals surface area contributed by atoms with Crippen LogP contribution >= 0.6 is 0 Å². The van der Waals surface area contributed by atoms with Crippen molar-refractivity contribution in [3.05, 3.63) is 53.6 Å². The highest BCUT2D eigenvalue weighted by Crippen LogP contribution is 2.82. The van der Waals surface area contributed by atoms with Crippen molar-refractivity contribution in [3.8, 4) is 0 Å². The monoisotopic (exact) mass is 1510 g/mol. The first-order valence-corrected chi connectivity index (χ1v) is 37.0. The van der Waals surface area contributed by atoms with Crippen LogP contribution in [-0.4, -0.2) is 303 Å². The van der Waals surface area contributed by atoms with E-state index < -0.39 is 259 Å². The number of carboxylic acids is 1. The van der Waals surface area contributed by atoms with Gasteiger partial charge in [-0.3, -0.25) is 0 Å². The SMILES string of the molecule is CC=C(C)C(=O)O[C@H]1[C@H](OC(=O)C=Cc2ccccc2)[C@@]23[C@H](O)C[C@]4(C)[C@@](CC[C@@H]5[C@@]6(C)CC[C@H](O[C@@H]7O[C@H](C(=O)O)[C@@H](O)[C@H](O[C@@H]8O[C@H](CO)[C@H](O)[C@H](O)[C@H]8O[C@@H]8O[C@@H](C)[C@H](O)[C@@H](O)[C@H]8O[C@@H]8O[C@@H](C)[C@H](O)[C@@H](O)[C@H]8O)[C@H]7O[C@@H]7O[C@H](CO)[C@@H](O)[C@H](O)[C@H]7O)C(C)(C)[C@@H]6CC[C@]54C)(O[C@@H]2O)[C@@H]3CC1(C)C. The summed E-state index contributed by atoms with van der Waals surface area (Å²) in [6.45, 7) is 18.5. The summed E-state index contributed by atoms with van der Waals surface area (Å²) in [4.78, 5) is 41.7. The lowest BCUT2D eigenvalue weighted by atomic mass is 9.30. The zero-order valence-corrected chi connectivity index (χ0v) is 61.4. The number of aliphatic hydroxyl groups excluding tert-OH is 15. The van der Waals surface area contributed by atoms with Crippen molar-refractivity contribution in [2.24, 2.45) is 50.2 Å². The second-order valence-electron chi connectivity index (χ2n) is 33.6. The van der Waals surface area contributed by atoms with Gasteiger partial charge in [0.25, 0.3) is 0 Å². The Hall–Kier alpha value is -3.93. The summed E-state index contributed by atoms with van der Waals surface area (Å²) in [6, 6.07) is 9.10. The average molecular weight is 1510 g/mol. The highest BCUT2D eigenvalue weighted by atomic mass is 16.8. The Morgan fingerprint density at radius 3 is 1.69 bits per heavy atom. The number of esters is 2. The molecule has 1 spiro atoms. The number of benzene rings is 1. The lowest BCUT2D eigenvalue weighted by Gasteiger charge is -2.75. The second kappa shape index (κ2) is 30.2. The van der Waals surface area contributed by atoms with Gasteiger partial charge in [0.05, 0.1) is 48.6 Å². The maximum Gasteiger partial charge on any atom is 0.335 e. The number of carbonyl (C=O) groups is 3. The Labute approximate surface area is 613 Å². The third kappa shape index (κ3) is 13.3. The molecule has 16 N–H and O–H groups in total. The fourth-order valence-corrected chi connectivity index (χ4v) is 21.2. The molecule has 32 heteroatoms. The van der Waals surface area contributed by atoms with Gasteiger partial charge < -0.3 is 143 Å². The molecular weight excluding hydrogens is 1400 g/mol. The highest BCUT2D eigenvalue weighted by molar-refractivity contribution is 5.88. The maximum atomic E-state index is 14.3. The minimum atomic E-state index is -2.38. The molecule has 11 fully saturated rings. The van der Waals surface area contributed by atoms with E-state index in [0.29, 0.717) is 49.7 Å². The number of rotatable bonds is 18. The summed E-state index contributed by atoms with van der Waals surface area (Å²) in [5.74, 6) is -4.20. The predicted molar refractivity (Wildman–Crippen MR) is 359 cm³/mol. The van der Waals surface area contributed by atoms with Crippen LogP contribution in [0.15, 0.2) is 48.1 Å². The molecule has 38 atom stereocenters.